The molecule has 0 bridgehead atoms. The molecule has 0 amide bonds. The first-order valence-electron chi connectivity index (χ1n) is 5.50. The molecule has 0 aliphatic carbocycles. The van der Waals surface area contributed by atoms with Crippen molar-refractivity contribution in [1.82, 2.24) is 0 Å². The van der Waals surface area contributed by atoms with Gasteiger partial charge in [0.25, 0.3) is 0 Å². The second-order valence-electron chi connectivity index (χ2n) is 3.81. The predicted octanol–water partition coefficient (Wildman–Crippen LogP) is 3.71. The Morgan fingerprint density at radius 1 is 1.22 bits per heavy atom. The number of ether oxygens (including phenoxy) is 1. The van der Waals surface area contributed by atoms with Crippen molar-refractivity contribution in [3.8, 4) is 5.75 Å². The number of nitrogen functional groups attached to an aromatic ring is 1. The van der Waals surface area contributed by atoms with Crippen molar-refractivity contribution in [3.05, 3.63) is 53.8 Å². The molecule has 0 saturated carbocycles. The van der Waals surface area contributed by atoms with E-state index in [9.17, 15) is 4.39 Å². The minimum absolute atomic E-state index is 0.259. The van der Waals surface area contributed by atoms with Gasteiger partial charge in [-0.25, -0.2) is 4.39 Å². The summed E-state index contributed by atoms with van der Waals surface area (Å²) < 4.78 is 18.3. The minimum atomic E-state index is -0.259. The van der Waals surface area contributed by atoms with Gasteiger partial charge in [0.05, 0.1) is 7.11 Å². The fourth-order valence-corrected chi connectivity index (χ4v) is 2.50. The van der Waals surface area contributed by atoms with Crippen LogP contribution in [0.25, 0.3) is 0 Å². The summed E-state index contributed by atoms with van der Waals surface area (Å²) in [7, 11) is 1.63. The van der Waals surface area contributed by atoms with Crippen molar-refractivity contribution in [3.63, 3.8) is 0 Å². The number of rotatable bonds is 4. The third-order valence-electron chi connectivity index (χ3n) is 2.54. The Morgan fingerprint density at radius 2 is 2.06 bits per heavy atom. The first kappa shape index (κ1) is 12.8. The van der Waals surface area contributed by atoms with Crippen molar-refractivity contribution in [1.29, 1.82) is 0 Å². The van der Waals surface area contributed by atoms with Crippen LogP contribution in [0.3, 0.4) is 0 Å². The number of thioether (sulfide) groups is 1. The van der Waals surface area contributed by atoms with Crippen LogP contribution in [0.15, 0.2) is 47.4 Å². The van der Waals surface area contributed by atoms with Crippen LogP contribution in [-0.4, -0.2) is 7.11 Å². The molecule has 18 heavy (non-hydrogen) atoms. The van der Waals surface area contributed by atoms with Gasteiger partial charge in [0.1, 0.15) is 11.6 Å². The molecule has 2 aromatic rings. The highest BCUT2D eigenvalue weighted by Crippen LogP contribution is 2.28. The van der Waals surface area contributed by atoms with E-state index in [1.807, 2.05) is 24.3 Å². The van der Waals surface area contributed by atoms with Crippen LogP contribution in [0, 0.1) is 5.82 Å². The van der Waals surface area contributed by atoms with E-state index in [-0.39, 0.29) is 5.82 Å². The molecule has 0 aliphatic rings. The molecule has 0 aromatic heterocycles. The van der Waals surface area contributed by atoms with Gasteiger partial charge in [0, 0.05) is 16.3 Å². The summed E-state index contributed by atoms with van der Waals surface area (Å²) in [6.07, 6.45) is 0. The lowest BCUT2D eigenvalue weighted by atomic mass is 10.2. The van der Waals surface area contributed by atoms with Crippen molar-refractivity contribution in [2.75, 3.05) is 12.8 Å². The zero-order valence-corrected chi connectivity index (χ0v) is 10.8. The normalized spacial score (nSPS) is 10.3. The van der Waals surface area contributed by atoms with Crippen LogP contribution in [0.4, 0.5) is 10.1 Å². The smallest absolute Gasteiger partial charge is 0.123 e. The van der Waals surface area contributed by atoms with Gasteiger partial charge in [0.2, 0.25) is 0 Å². The standard InChI is InChI=1S/C14H14FNOS/c1-17-12-3-2-4-13(8-12)18-9-10-7-11(15)5-6-14(10)16/h2-8H,9,16H2,1H3. The monoisotopic (exact) mass is 263 g/mol. The summed E-state index contributed by atoms with van der Waals surface area (Å²) >= 11 is 1.60. The lowest BCUT2D eigenvalue weighted by Crippen LogP contribution is -1.93. The summed E-state index contributed by atoms with van der Waals surface area (Å²) in [4.78, 5) is 1.07. The Balaban J connectivity index is 2.08. The molecule has 0 unspecified atom stereocenters. The van der Waals surface area contributed by atoms with Gasteiger partial charge >= 0.3 is 0 Å². The summed E-state index contributed by atoms with van der Waals surface area (Å²) in [6, 6.07) is 12.2. The minimum Gasteiger partial charge on any atom is -0.497 e. The van der Waals surface area contributed by atoms with Crippen molar-refractivity contribution >= 4 is 17.4 Å². The third kappa shape index (κ3) is 3.17. The first-order valence-corrected chi connectivity index (χ1v) is 6.48. The van der Waals surface area contributed by atoms with Crippen LogP contribution >= 0.6 is 11.8 Å². The Hall–Kier alpha value is -1.68. The van der Waals surface area contributed by atoms with Gasteiger partial charge in [-0.2, -0.15) is 0 Å². The van der Waals surface area contributed by atoms with E-state index in [2.05, 4.69) is 0 Å². The van der Waals surface area contributed by atoms with Gasteiger partial charge < -0.3 is 10.5 Å². The number of benzene rings is 2. The quantitative estimate of drug-likeness (QED) is 0.674. The topological polar surface area (TPSA) is 35.2 Å². The van der Waals surface area contributed by atoms with E-state index >= 15 is 0 Å². The molecule has 0 radical (unpaired) electrons. The highest BCUT2D eigenvalue weighted by molar-refractivity contribution is 7.98. The number of anilines is 1. The number of nitrogens with two attached hydrogens (primary N) is 1. The highest BCUT2D eigenvalue weighted by atomic mass is 32.2. The first-order chi connectivity index (χ1) is 8.69. The SMILES string of the molecule is COc1cccc(SCc2cc(F)ccc2N)c1. The maximum absolute atomic E-state index is 13.1. The number of methoxy groups -OCH3 is 1. The van der Waals surface area contributed by atoms with Crippen LogP contribution in [0.1, 0.15) is 5.56 Å². The average Bonchev–Trinajstić information content (AvgIpc) is 2.40. The fraction of sp³-hybridized carbons (Fsp3) is 0.143. The van der Waals surface area contributed by atoms with Crippen LogP contribution in [0.5, 0.6) is 5.75 Å². The number of hydrogen-bond acceptors (Lipinski definition) is 3. The van der Waals surface area contributed by atoms with Crippen LogP contribution in [-0.2, 0) is 5.75 Å². The molecule has 0 spiro atoms. The average molecular weight is 263 g/mol. The van der Waals surface area contributed by atoms with E-state index in [0.717, 1.165) is 16.2 Å². The highest BCUT2D eigenvalue weighted by Gasteiger charge is 2.03. The second kappa shape index (κ2) is 5.78. The van der Waals surface area contributed by atoms with Crippen molar-refractivity contribution in [2.24, 2.45) is 0 Å². The van der Waals surface area contributed by atoms with E-state index < -0.39 is 0 Å². The Kier molecular flexibility index (Phi) is 4.10. The molecular formula is C14H14FNOS. The molecule has 0 saturated heterocycles. The maximum Gasteiger partial charge on any atom is 0.123 e. The molecule has 0 atom stereocenters. The largest absolute Gasteiger partial charge is 0.497 e. The third-order valence-corrected chi connectivity index (χ3v) is 3.58. The zero-order valence-electron chi connectivity index (χ0n) is 10.0. The van der Waals surface area contributed by atoms with Gasteiger partial charge in [-0.1, -0.05) is 6.07 Å². The van der Waals surface area contributed by atoms with Gasteiger partial charge in [-0.05, 0) is 42.0 Å². The Morgan fingerprint density at radius 3 is 2.83 bits per heavy atom. The maximum atomic E-state index is 13.1. The summed E-state index contributed by atoms with van der Waals surface area (Å²) in [6.45, 7) is 0. The molecule has 0 aliphatic heterocycles. The van der Waals surface area contributed by atoms with E-state index in [4.69, 9.17) is 10.5 Å². The molecule has 2 aromatic carbocycles. The molecular weight excluding hydrogens is 249 g/mol. The van der Waals surface area contributed by atoms with E-state index in [1.165, 1.54) is 12.1 Å². The molecule has 2 N–H and O–H groups in total. The molecule has 2 nitrogen and oxygen atoms in total. The summed E-state index contributed by atoms with van der Waals surface area (Å²) in [5.74, 6) is 1.19. The van der Waals surface area contributed by atoms with Crippen LogP contribution < -0.4 is 10.5 Å². The number of halogens is 1. The van der Waals surface area contributed by atoms with Crippen molar-refractivity contribution < 1.29 is 9.13 Å². The predicted molar refractivity (Wildman–Crippen MR) is 73.4 cm³/mol. The van der Waals surface area contributed by atoms with E-state index in [0.29, 0.717) is 11.4 Å². The van der Waals surface area contributed by atoms with E-state index in [1.54, 1.807) is 24.9 Å². The summed E-state index contributed by atoms with van der Waals surface area (Å²) in [5.41, 5.74) is 7.23. The lowest BCUT2D eigenvalue weighted by molar-refractivity contribution is 0.413. The molecule has 4 heteroatoms. The lowest BCUT2D eigenvalue weighted by Gasteiger charge is -2.07. The second-order valence-corrected chi connectivity index (χ2v) is 4.86. The molecule has 0 fully saturated rings. The Labute approximate surface area is 110 Å². The number of hydrogen-bond donors (Lipinski definition) is 1. The van der Waals surface area contributed by atoms with Crippen molar-refractivity contribution in [2.45, 2.75) is 10.6 Å². The zero-order chi connectivity index (χ0) is 13.0. The van der Waals surface area contributed by atoms with Gasteiger partial charge in [-0.3, -0.25) is 0 Å². The van der Waals surface area contributed by atoms with Gasteiger partial charge in [0.15, 0.2) is 0 Å². The summed E-state index contributed by atoms with van der Waals surface area (Å²) in [5, 5.41) is 0. The fourth-order valence-electron chi connectivity index (χ4n) is 1.55. The van der Waals surface area contributed by atoms with Crippen LogP contribution in [0.2, 0.25) is 0 Å². The molecule has 2 rings (SSSR count). The molecule has 94 valence electrons. The Bertz CT molecular complexity index is 545. The molecule has 0 heterocycles. The van der Waals surface area contributed by atoms with Gasteiger partial charge in [-0.15, -0.1) is 11.8 Å².